The third-order valence-electron chi connectivity index (χ3n) is 12.2. The number of carboxylic acid groups (broad SMARTS) is 1. The van der Waals surface area contributed by atoms with Gasteiger partial charge in [-0.3, -0.25) is 19.2 Å². The Morgan fingerprint density at radius 3 is 2.24 bits per heavy atom. The number of benzene rings is 3. The first-order valence-corrected chi connectivity index (χ1v) is 17.5. The van der Waals surface area contributed by atoms with Crippen molar-refractivity contribution in [1.29, 1.82) is 0 Å². The SMILES string of the molecule is C[C@@H](O)[C@H]1C(=O)N2C(C(=O)O)=C(c3ccc4c(c3)C(=O)c3ccc(C[N+]56CC[N+](CC(=O)Nc7ccccc7C(N)=O)(CC5)CC6)cc3-4)[C@H](C)[C@H]12. The molecule has 4 fully saturated rings. The monoisotopic (exact) mass is 691 g/mol. The summed E-state index contributed by atoms with van der Waals surface area (Å²) in [4.78, 5) is 65.2. The van der Waals surface area contributed by atoms with Crippen molar-refractivity contribution in [2.75, 3.05) is 51.1 Å². The number of hydrogen-bond donors (Lipinski definition) is 4. The highest BCUT2D eigenvalue weighted by atomic mass is 16.4. The van der Waals surface area contributed by atoms with E-state index in [1.807, 2.05) is 31.2 Å². The first kappa shape index (κ1) is 33.0. The Morgan fingerprint density at radius 2 is 1.57 bits per heavy atom. The summed E-state index contributed by atoms with van der Waals surface area (Å²) >= 11 is 0. The predicted molar refractivity (Wildman–Crippen MR) is 187 cm³/mol. The third-order valence-corrected chi connectivity index (χ3v) is 12.2. The molecule has 51 heavy (non-hydrogen) atoms. The molecule has 0 aromatic heterocycles. The molecule has 3 aromatic carbocycles. The van der Waals surface area contributed by atoms with Crippen molar-refractivity contribution >= 4 is 40.7 Å². The van der Waals surface area contributed by atoms with Gasteiger partial charge in [-0.1, -0.05) is 37.3 Å². The Kier molecular flexibility index (Phi) is 7.56. The van der Waals surface area contributed by atoms with Crippen LogP contribution in [0.3, 0.4) is 0 Å². The number of aliphatic hydroxyl groups is 1. The molecule has 262 valence electrons. The molecule has 12 nitrogen and oxygen atoms in total. The lowest BCUT2D eigenvalue weighted by molar-refractivity contribution is -1.08. The number of ketones is 1. The summed E-state index contributed by atoms with van der Waals surface area (Å²) in [5.74, 6) is -3.41. The number of amides is 3. The van der Waals surface area contributed by atoms with Gasteiger partial charge in [-0.05, 0) is 59.5 Å². The fourth-order valence-corrected chi connectivity index (χ4v) is 9.45. The quantitative estimate of drug-likeness (QED) is 0.155. The van der Waals surface area contributed by atoms with E-state index in [-0.39, 0.29) is 23.3 Å². The average molecular weight is 692 g/mol. The number of aliphatic carboxylic acids is 1. The summed E-state index contributed by atoms with van der Waals surface area (Å²) < 4.78 is 1.63. The Morgan fingerprint density at radius 1 is 0.902 bits per heavy atom. The first-order chi connectivity index (χ1) is 24.3. The van der Waals surface area contributed by atoms with Crippen LogP contribution in [0.5, 0.6) is 0 Å². The number of carboxylic acids is 1. The van der Waals surface area contributed by atoms with Crippen LogP contribution in [0, 0.1) is 11.8 Å². The average Bonchev–Trinajstić information content (AvgIpc) is 3.52. The highest BCUT2D eigenvalue weighted by Gasteiger charge is 2.60. The maximum absolute atomic E-state index is 13.7. The maximum atomic E-state index is 13.7. The van der Waals surface area contributed by atoms with Crippen molar-refractivity contribution in [1.82, 2.24) is 4.90 Å². The van der Waals surface area contributed by atoms with Crippen LogP contribution in [0.4, 0.5) is 5.69 Å². The van der Waals surface area contributed by atoms with Gasteiger partial charge in [0, 0.05) is 22.6 Å². The Balaban J connectivity index is 0.986. The van der Waals surface area contributed by atoms with Crippen molar-refractivity contribution in [3.63, 3.8) is 0 Å². The van der Waals surface area contributed by atoms with Crippen LogP contribution >= 0.6 is 0 Å². The zero-order valence-electron chi connectivity index (χ0n) is 28.6. The minimum atomic E-state index is -1.20. The topological polar surface area (TPSA) is 167 Å². The number of quaternary nitrogens is 2. The summed E-state index contributed by atoms with van der Waals surface area (Å²) in [6.45, 7) is 9.97. The number of aliphatic hydroxyl groups excluding tert-OH is 1. The standard InChI is InChI=1S/C39H39N5O7/c1-21-32(35(39(50)51)42-34(21)33(22(2)45)38(42)49)24-8-10-25-28-17-23(7-9-26(28)36(47)29(25)18-24)19-43-11-14-44(15-12-43,16-13-43)20-31(46)41-30-6-4-3-5-27(30)37(40)48/h3-10,17-18,21-22,33-34,45H,11-16,19-20H2,1-2H3,(H2-2,40,41,46,48,50,51)/p+2/t21-,22+,33+,34+,43?,44?/m0/s1. The number of fused-ring (bicyclic) bond motifs is 7. The van der Waals surface area contributed by atoms with Crippen LogP contribution < -0.4 is 11.1 Å². The van der Waals surface area contributed by atoms with Crippen LogP contribution in [0.15, 0.2) is 66.4 Å². The Hall–Kier alpha value is -5.17. The van der Waals surface area contributed by atoms with Gasteiger partial charge in [-0.2, -0.15) is 0 Å². The van der Waals surface area contributed by atoms with Gasteiger partial charge >= 0.3 is 5.97 Å². The fourth-order valence-electron chi connectivity index (χ4n) is 9.45. The molecule has 6 aliphatic rings. The lowest BCUT2D eigenvalue weighted by Gasteiger charge is -2.55. The maximum Gasteiger partial charge on any atom is 0.352 e. The summed E-state index contributed by atoms with van der Waals surface area (Å²) in [6.07, 6.45) is -0.895. The van der Waals surface area contributed by atoms with E-state index in [1.54, 1.807) is 37.3 Å². The van der Waals surface area contributed by atoms with E-state index in [9.17, 15) is 34.2 Å². The zero-order chi connectivity index (χ0) is 36.0. The van der Waals surface area contributed by atoms with Gasteiger partial charge in [0.25, 0.3) is 11.8 Å². The molecule has 5 heterocycles. The van der Waals surface area contributed by atoms with E-state index in [4.69, 9.17) is 5.73 Å². The molecule has 0 saturated carbocycles. The van der Waals surface area contributed by atoms with Crippen molar-refractivity contribution in [2.24, 2.45) is 17.6 Å². The van der Waals surface area contributed by atoms with Crippen molar-refractivity contribution in [2.45, 2.75) is 32.5 Å². The van der Waals surface area contributed by atoms with Gasteiger partial charge in [0.1, 0.15) is 51.5 Å². The molecular weight excluding hydrogens is 650 g/mol. The smallest absolute Gasteiger partial charge is 0.352 e. The molecule has 0 spiro atoms. The van der Waals surface area contributed by atoms with E-state index in [0.29, 0.717) is 44.5 Å². The Bertz CT molecular complexity index is 2080. The summed E-state index contributed by atoms with van der Waals surface area (Å²) in [5, 5.41) is 23.3. The number of carbonyl (C=O) groups is 5. The highest BCUT2D eigenvalue weighted by Crippen LogP contribution is 2.51. The highest BCUT2D eigenvalue weighted by molar-refractivity contribution is 6.22. The molecular formula is C39H41N5O7+2. The second kappa shape index (κ2) is 11.7. The molecule has 5 aliphatic heterocycles. The van der Waals surface area contributed by atoms with E-state index in [1.165, 1.54) is 4.90 Å². The minimum absolute atomic E-state index is 0.0757. The molecule has 4 saturated heterocycles. The summed E-state index contributed by atoms with van der Waals surface area (Å²) in [6, 6.07) is 17.9. The molecule has 3 aromatic rings. The number of rotatable bonds is 9. The van der Waals surface area contributed by atoms with Gasteiger partial charge in [-0.15, -0.1) is 0 Å². The summed E-state index contributed by atoms with van der Waals surface area (Å²) in [7, 11) is 0. The minimum Gasteiger partial charge on any atom is -0.477 e. The Labute approximate surface area is 294 Å². The van der Waals surface area contributed by atoms with Crippen LogP contribution in [0.1, 0.15) is 51.3 Å². The number of nitrogens with one attached hydrogen (secondary N) is 1. The molecule has 0 radical (unpaired) electrons. The van der Waals surface area contributed by atoms with Gasteiger partial charge in [-0.25, -0.2) is 4.79 Å². The number of β-lactam (4-membered cyclic amide) rings is 1. The number of para-hydroxylation sites is 1. The van der Waals surface area contributed by atoms with Crippen LogP contribution in [0.2, 0.25) is 0 Å². The number of anilines is 1. The fraction of sp³-hybridized carbons (Fsp3) is 0.359. The molecule has 2 bridgehead atoms. The molecule has 0 unspecified atom stereocenters. The number of hydrogen-bond acceptors (Lipinski definition) is 6. The summed E-state index contributed by atoms with van der Waals surface area (Å²) in [5.41, 5.74) is 11.2. The van der Waals surface area contributed by atoms with Gasteiger partial charge < -0.3 is 35.1 Å². The number of primary amides is 1. The van der Waals surface area contributed by atoms with Crippen molar-refractivity contribution < 1.29 is 43.2 Å². The lowest BCUT2D eigenvalue weighted by atomic mass is 9.76. The van der Waals surface area contributed by atoms with Gasteiger partial charge in [0.2, 0.25) is 5.91 Å². The van der Waals surface area contributed by atoms with E-state index in [2.05, 4.69) is 11.4 Å². The predicted octanol–water partition coefficient (Wildman–Crippen LogP) is 2.45. The van der Waals surface area contributed by atoms with Crippen LogP contribution in [0.25, 0.3) is 16.7 Å². The van der Waals surface area contributed by atoms with E-state index in [0.717, 1.165) is 67.0 Å². The molecule has 5 N–H and O–H groups in total. The van der Waals surface area contributed by atoms with Crippen LogP contribution in [-0.2, 0) is 20.9 Å². The number of nitrogens with zero attached hydrogens (tertiary/aromatic N) is 3. The van der Waals surface area contributed by atoms with Gasteiger partial charge in [0.15, 0.2) is 12.3 Å². The lowest BCUT2D eigenvalue weighted by Crippen LogP contribution is -2.75. The molecule has 3 amide bonds. The van der Waals surface area contributed by atoms with Gasteiger partial charge in [0.05, 0.1) is 29.3 Å². The molecule has 1 aliphatic carbocycles. The number of carbonyl (C=O) groups excluding carboxylic acids is 4. The molecule has 12 heteroatoms. The van der Waals surface area contributed by atoms with E-state index >= 15 is 0 Å². The number of piperazine rings is 3. The molecule has 9 rings (SSSR count). The normalized spacial score (nSPS) is 27.8. The van der Waals surface area contributed by atoms with E-state index < -0.39 is 35.8 Å². The largest absolute Gasteiger partial charge is 0.477 e. The van der Waals surface area contributed by atoms with Crippen molar-refractivity contribution in [3.8, 4) is 11.1 Å². The number of nitrogens with two attached hydrogens (primary N) is 1. The molecule has 4 atom stereocenters. The zero-order valence-corrected chi connectivity index (χ0v) is 28.6. The van der Waals surface area contributed by atoms with Crippen LogP contribution in [-0.4, -0.2) is 112 Å². The third kappa shape index (κ3) is 5.11. The first-order valence-electron chi connectivity index (χ1n) is 17.5. The second-order valence-electron chi connectivity index (χ2n) is 15.1. The van der Waals surface area contributed by atoms with Crippen molar-refractivity contribution in [3.05, 3.63) is 94.2 Å². The second-order valence-corrected chi connectivity index (χ2v) is 15.1.